The van der Waals surface area contributed by atoms with Gasteiger partial charge in [0.1, 0.15) is 12.4 Å². The lowest BCUT2D eigenvalue weighted by molar-refractivity contribution is 0.143. The number of rotatable bonds is 14. The Balaban J connectivity index is 2.25. The van der Waals surface area contributed by atoms with Crippen molar-refractivity contribution < 1.29 is 9.47 Å². The highest BCUT2D eigenvalue weighted by atomic mass is 16.5. The fourth-order valence-electron chi connectivity index (χ4n) is 2.62. The van der Waals surface area contributed by atoms with Gasteiger partial charge in [-0.2, -0.15) is 0 Å². The summed E-state index contributed by atoms with van der Waals surface area (Å²) >= 11 is 0. The molecule has 1 aromatic carbocycles. The molecule has 0 amide bonds. The normalized spacial score (nSPS) is 11.7. The van der Waals surface area contributed by atoms with E-state index in [1.807, 2.05) is 19.1 Å². The molecule has 1 rings (SSSR count). The lowest BCUT2D eigenvalue weighted by Gasteiger charge is -2.18. The van der Waals surface area contributed by atoms with Gasteiger partial charge in [0.15, 0.2) is 5.96 Å². The summed E-state index contributed by atoms with van der Waals surface area (Å²) in [5.41, 5.74) is 1.20. The molecule has 0 fully saturated rings. The van der Waals surface area contributed by atoms with Crippen molar-refractivity contribution in [1.29, 1.82) is 0 Å². The molecule has 0 radical (unpaired) electrons. The van der Waals surface area contributed by atoms with E-state index < -0.39 is 0 Å². The molecule has 0 aliphatic carbocycles. The van der Waals surface area contributed by atoms with Crippen molar-refractivity contribution in [2.24, 2.45) is 4.99 Å². The Hall–Kier alpha value is -1.79. The number of benzene rings is 1. The molecule has 154 valence electrons. The number of unbranched alkanes of at least 4 members (excludes halogenated alkanes) is 1. The third kappa shape index (κ3) is 10.8. The molecule has 0 aromatic heterocycles. The Labute approximate surface area is 165 Å². The minimum Gasteiger partial charge on any atom is -0.492 e. The van der Waals surface area contributed by atoms with Crippen molar-refractivity contribution in [1.82, 2.24) is 15.5 Å². The lowest BCUT2D eigenvalue weighted by atomic mass is 10.2. The quantitative estimate of drug-likeness (QED) is 0.296. The van der Waals surface area contributed by atoms with Crippen LogP contribution in [0.4, 0.5) is 0 Å². The molecule has 0 saturated carbocycles. The van der Waals surface area contributed by atoms with E-state index in [1.165, 1.54) is 5.56 Å². The molecule has 2 N–H and O–H groups in total. The molecule has 0 atom stereocenters. The molecular weight excluding hydrogens is 340 g/mol. The van der Waals surface area contributed by atoms with Gasteiger partial charge in [0.05, 0.1) is 0 Å². The number of hydrogen-bond acceptors (Lipinski definition) is 4. The van der Waals surface area contributed by atoms with E-state index in [4.69, 9.17) is 9.47 Å². The number of nitrogens with zero attached hydrogens (tertiary/aromatic N) is 2. The van der Waals surface area contributed by atoms with Gasteiger partial charge in [0.25, 0.3) is 0 Å². The monoisotopic (exact) mass is 378 g/mol. The molecule has 6 heteroatoms. The standard InChI is InChI=1S/C21H38N4O2/c1-5-25(6-2)15-17-27-20-12-10-19(11-13-20)18-24-21(22-4)23-14-8-9-16-26-7-3/h10-13H,5-9,14-18H2,1-4H3,(H2,22,23,24). The summed E-state index contributed by atoms with van der Waals surface area (Å²) in [4.78, 5) is 6.62. The predicted octanol–water partition coefficient (Wildman–Crippen LogP) is 2.89. The van der Waals surface area contributed by atoms with Crippen LogP contribution in [0.2, 0.25) is 0 Å². The van der Waals surface area contributed by atoms with E-state index in [2.05, 4.69) is 46.5 Å². The fraction of sp³-hybridized carbons (Fsp3) is 0.667. The second-order valence-corrected chi connectivity index (χ2v) is 6.28. The lowest BCUT2D eigenvalue weighted by Crippen LogP contribution is -2.37. The molecule has 0 bridgehead atoms. The number of aliphatic imine (C=N–C) groups is 1. The van der Waals surface area contributed by atoms with Crippen molar-refractivity contribution >= 4 is 5.96 Å². The van der Waals surface area contributed by atoms with Gasteiger partial charge in [0, 0.05) is 39.9 Å². The first-order chi connectivity index (χ1) is 13.2. The molecule has 0 saturated heterocycles. The van der Waals surface area contributed by atoms with Crippen LogP contribution in [0.3, 0.4) is 0 Å². The van der Waals surface area contributed by atoms with Crippen LogP contribution < -0.4 is 15.4 Å². The molecule has 6 nitrogen and oxygen atoms in total. The zero-order valence-electron chi connectivity index (χ0n) is 17.6. The van der Waals surface area contributed by atoms with Crippen LogP contribution in [0.15, 0.2) is 29.3 Å². The van der Waals surface area contributed by atoms with Crippen LogP contribution in [-0.2, 0) is 11.3 Å². The van der Waals surface area contributed by atoms with Gasteiger partial charge in [-0.1, -0.05) is 26.0 Å². The van der Waals surface area contributed by atoms with Crippen LogP contribution >= 0.6 is 0 Å². The second kappa shape index (κ2) is 15.3. The number of ether oxygens (including phenoxy) is 2. The number of nitrogens with one attached hydrogen (secondary N) is 2. The first-order valence-electron chi connectivity index (χ1n) is 10.2. The number of guanidine groups is 1. The SMILES string of the molecule is CCOCCCCNC(=NC)NCc1ccc(OCCN(CC)CC)cc1. The van der Waals surface area contributed by atoms with Crippen LogP contribution in [0.5, 0.6) is 5.75 Å². The fourth-order valence-corrected chi connectivity index (χ4v) is 2.62. The highest BCUT2D eigenvalue weighted by molar-refractivity contribution is 5.79. The Morgan fingerprint density at radius 3 is 2.37 bits per heavy atom. The first kappa shape index (κ1) is 23.2. The van der Waals surface area contributed by atoms with Gasteiger partial charge in [-0.3, -0.25) is 4.99 Å². The topological polar surface area (TPSA) is 58.1 Å². The molecule has 0 aliphatic rings. The van der Waals surface area contributed by atoms with Gasteiger partial charge in [0.2, 0.25) is 0 Å². The van der Waals surface area contributed by atoms with E-state index in [9.17, 15) is 0 Å². The van der Waals surface area contributed by atoms with E-state index in [0.29, 0.717) is 0 Å². The summed E-state index contributed by atoms with van der Waals surface area (Å²) in [5.74, 6) is 1.74. The first-order valence-corrected chi connectivity index (χ1v) is 10.2. The predicted molar refractivity (Wildman–Crippen MR) is 114 cm³/mol. The Bertz CT molecular complexity index is 501. The molecule has 0 aliphatic heterocycles. The average molecular weight is 379 g/mol. The van der Waals surface area contributed by atoms with Crippen molar-refractivity contribution in [2.75, 3.05) is 53.0 Å². The highest BCUT2D eigenvalue weighted by Crippen LogP contribution is 2.12. The maximum Gasteiger partial charge on any atom is 0.191 e. The highest BCUT2D eigenvalue weighted by Gasteiger charge is 2.01. The van der Waals surface area contributed by atoms with Gasteiger partial charge >= 0.3 is 0 Å². The Morgan fingerprint density at radius 1 is 1.00 bits per heavy atom. The van der Waals surface area contributed by atoms with E-state index in [0.717, 1.165) is 77.1 Å². The summed E-state index contributed by atoms with van der Waals surface area (Å²) in [7, 11) is 1.79. The zero-order valence-corrected chi connectivity index (χ0v) is 17.6. The smallest absolute Gasteiger partial charge is 0.191 e. The summed E-state index contributed by atoms with van der Waals surface area (Å²) in [6.07, 6.45) is 2.13. The Morgan fingerprint density at radius 2 is 1.74 bits per heavy atom. The van der Waals surface area contributed by atoms with E-state index >= 15 is 0 Å². The minimum absolute atomic E-state index is 0.721. The van der Waals surface area contributed by atoms with Crippen LogP contribution in [0, 0.1) is 0 Å². The largest absolute Gasteiger partial charge is 0.492 e. The van der Waals surface area contributed by atoms with Crippen molar-refractivity contribution in [3.05, 3.63) is 29.8 Å². The van der Waals surface area contributed by atoms with Crippen molar-refractivity contribution in [3.8, 4) is 5.75 Å². The van der Waals surface area contributed by atoms with Crippen LogP contribution in [-0.4, -0.2) is 63.9 Å². The third-order valence-corrected chi connectivity index (χ3v) is 4.39. The van der Waals surface area contributed by atoms with Crippen LogP contribution in [0.25, 0.3) is 0 Å². The van der Waals surface area contributed by atoms with Gasteiger partial charge in [-0.25, -0.2) is 0 Å². The minimum atomic E-state index is 0.721. The van der Waals surface area contributed by atoms with Crippen LogP contribution in [0.1, 0.15) is 39.2 Å². The van der Waals surface area contributed by atoms with E-state index in [1.54, 1.807) is 7.05 Å². The Kier molecular flexibility index (Phi) is 13.2. The molecule has 0 heterocycles. The number of hydrogen-bond donors (Lipinski definition) is 2. The zero-order chi connectivity index (χ0) is 19.7. The maximum atomic E-state index is 5.83. The summed E-state index contributed by atoms with van der Waals surface area (Å²) in [6.45, 7) is 13.4. The average Bonchev–Trinajstić information content (AvgIpc) is 2.71. The number of likely N-dealkylation sites (N-methyl/N-ethyl adjacent to an activating group) is 1. The summed E-state index contributed by atoms with van der Waals surface area (Å²) < 4.78 is 11.2. The molecule has 1 aromatic rings. The second-order valence-electron chi connectivity index (χ2n) is 6.28. The van der Waals surface area contributed by atoms with Crippen molar-refractivity contribution in [2.45, 2.75) is 40.2 Å². The summed E-state index contributed by atoms with van der Waals surface area (Å²) in [6, 6.07) is 8.25. The summed E-state index contributed by atoms with van der Waals surface area (Å²) in [5, 5.41) is 6.67. The van der Waals surface area contributed by atoms with Crippen molar-refractivity contribution in [3.63, 3.8) is 0 Å². The molecule has 0 spiro atoms. The molecule has 27 heavy (non-hydrogen) atoms. The van der Waals surface area contributed by atoms with Gasteiger partial charge in [-0.15, -0.1) is 0 Å². The van der Waals surface area contributed by atoms with Gasteiger partial charge < -0.3 is 25.0 Å². The third-order valence-electron chi connectivity index (χ3n) is 4.39. The van der Waals surface area contributed by atoms with Gasteiger partial charge in [-0.05, 0) is 50.6 Å². The molecule has 0 unspecified atom stereocenters. The molecular formula is C21H38N4O2. The maximum absolute atomic E-state index is 5.83. The van der Waals surface area contributed by atoms with E-state index in [-0.39, 0.29) is 0 Å².